The van der Waals surface area contributed by atoms with E-state index in [0.29, 0.717) is 5.56 Å². The molecule has 0 atom stereocenters. The van der Waals surface area contributed by atoms with Crippen LogP contribution in [0.3, 0.4) is 0 Å². The molecule has 0 aliphatic rings. The number of nitriles is 1. The normalized spacial score (nSPS) is 11.2. The minimum atomic E-state index is -4.38. The zero-order chi connectivity index (χ0) is 17.0. The summed E-state index contributed by atoms with van der Waals surface area (Å²) in [4.78, 5) is 12.2. The summed E-state index contributed by atoms with van der Waals surface area (Å²) in [6.07, 6.45) is -3.21. The van der Waals surface area contributed by atoms with Gasteiger partial charge in [0.05, 0.1) is 12.8 Å². The van der Waals surface area contributed by atoms with Gasteiger partial charge in [0, 0.05) is 5.56 Å². The molecular weight excluding hydrogens is 313 g/mol. The minimum absolute atomic E-state index is 0.0740. The van der Waals surface area contributed by atoms with Gasteiger partial charge in [-0.2, -0.15) is 28.2 Å². The summed E-state index contributed by atoms with van der Waals surface area (Å²) < 4.78 is 41.3. The Morgan fingerprint density at radius 1 is 1.35 bits per heavy atom. The van der Waals surface area contributed by atoms with E-state index in [-0.39, 0.29) is 23.6 Å². The number of hydrogen-bond donors (Lipinski definition) is 1. The molecule has 2 aromatic rings. The number of alkyl halides is 3. The molecule has 0 aliphatic heterocycles. The maximum absolute atomic E-state index is 12.2. The van der Waals surface area contributed by atoms with Crippen molar-refractivity contribution in [1.29, 1.82) is 5.26 Å². The molecule has 0 spiro atoms. The number of hydrogen-bond acceptors (Lipinski definition) is 5. The molecule has 1 aromatic heterocycles. The van der Waals surface area contributed by atoms with Gasteiger partial charge in [0.25, 0.3) is 5.91 Å². The van der Waals surface area contributed by atoms with Gasteiger partial charge in [0.15, 0.2) is 0 Å². The number of aromatic nitrogens is 2. The summed E-state index contributed by atoms with van der Waals surface area (Å²) in [5, 5.41) is 12.5. The van der Waals surface area contributed by atoms with Gasteiger partial charge < -0.3 is 10.5 Å². The first kappa shape index (κ1) is 16.5. The minimum Gasteiger partial charge on any atom is -0.382 e. The lowest BCUT2D eigenvalue weighted by molar-refractivity contribution is -0.176. The van der Waals surface area contributed by atoms with Gasteiger partial charge in [-0.15, -0.1) is 0 Å². The van der Waals surface area contributed by atoms with E-state index >= 15 is 0 Å². The van der Waals surface area contributed by atoms with Crippen LogP contribution in [-0.4, -0.2) is 28.5 Å². The fourth-order valence-corrected chi connectivity index (χ4v) is 1.76. The predicted molar refractivity (Wildman–Crippen MR) is 73.2 cm³/mol. The molecule has 0 bridgehead atoms. The Bertz CT molecular complexity index is 745. The van der Waals surface area contributed by atoms with Crippen molar-refractivity contribution < 1.29 is 22.7 Å². The number of carbonyl (C=O) groups excluding carboxylic acids is 1. The first-order valence-electron chi connectivity index (χ1n) is 6.33. The van der Waals surface area contributed by atoms with E-state index in [9.17, 15) is 18.0 Å². The second-order valence-corrected chi connectivity index (χ2v) is 4.58. The van der Waals surface area contributed by atoms with E-state index in [1.807, 2.05) is 0 Å². The average Bonchev–Trinajstić information content (AvgIpc) is 2.87. The summed E-state index contributed by atoms with van der Waals surface area (Å²) in [6, 6.07) is 7.57. The Labute approximate surface area is 128 Å². The summed E-state index contributed by atoms with van der Waals surface area (Å²) in [5.41, 5.74) is 6.41. The maximum Gasteiger partial charge on any atom is 0.411 e. The van der Waals surface area contributed by atoms with Gasteiger partial charge in [0.1, 0.15) is 24.1 Å². The summed E-state index contributed by atoms with van der Waals surface area (Å²) >= 11 is 0. The van der Waals surface area contributed by atoms with Crippen LogP contribution in [0.4, 0.5) is 19.0 Å². The Morgan fingerprint density at radius 3 is 2.52 bits per heavy atom. The molecule has 9 heteroatoms. The third-order valence-corrected chi connectivity index (χ3v) is 2.85. The Hall–Kier alpha value is -2.86. The Kier molecular flexibility index (Phi) is 4.66. The van der Waals surface area contributed by atoms with E-state index < -0.39 is 18.7 Å². The molecule has 0 radical (unpaired) electrons. The van der Waals surface area contributed by atoms with Crippen LogP contribution in [0.1, 0.15) is 21.5 Å². The van der Waals surface area contributed by atoms with E-state index in [0.717, 1.165) is 4.68 Å². The van der Waals surface area contributed by atoms with Crippen LogP contribution < -0.4 is 5.73 Å². The topological polar surface area (TPSA) is 93.9 Å². The van der Waals surface area contributed by atoms with Gasteiger partial charge in [-0.1, -0.05) is 12.1 Å². The summed E-state index contributed by atoms with van der Waals surface area (Å²) in [6.45, 7) is -1.56. The molecule has 2 N–H and O–H groups in total. The van der Waals surface area contributed by atoms with Crippen LogP contribution in [0, 0.1) is 11.3 Å². The van der Waals surface area contributed by atoms with E-state index in [1.54, 1.807) is 6.07 Å². The highest BCUT2D eigenvalue weighted by atomic mass is 19.4. The van der Waals surface area contributed by atoms with Crippen LogP contribution in [0.25, 0.3) is 0 Å². The van der Waals surface area contributed by atoms with Crippen molar-refractivity contribution in [3.8, 4) is 6.07 Å². The number of anilines is 1. The van der Waals surface area contributed by atoms with Crippen LogP contribution >= 0.6 is 0 Å². The van der Waals surface area contributed by atoms with Crippen molar-refractivity contribution in [3.05, 3.63) is 47.2 Å². The lowest BCUT2D eigenvalue weighted by atomic mass is 10.1. The lowest BCUT2D eigenvalue weighted by Gasteiger charge is -2.08. The molecule has 0 amide bonds. The highest BCUT2D eigenvalue weighted by Crippen LogP contribution is 2.16. The van der Waals surface area contributed by atoms with Gasteiger partial charge in [0.2, 0.25) is 0 Å². The van der Waals surface area contributed by atoms with Gasteiger partial charge in [-0.25, -0.2) is 0 Å². The second-order valence-electron chi connectivity index (χ2n) is 4.58. The van der Waals surface area contributed by atoms with Gasteiger partial charge >= 0.3 is 6.18 Å². The zero-order valence-corrected chi connectivity index (χ0v) is 11.7. The molecule has 120 valence electrons. The Balaban J connectivity index is 2.06. The standard InChI is InChI=1S/C14H11F3N4O2/c15-14(16,17)8-23-7-9-1-3-10(4-2-9)13(22)21-12(19)11(5-18)6-20-21/h1-4,6H,7-8,19H2. The fourth-order valence-electron chi connectivity index (χ4n) is 1.76. The Morgan fingerprint density at radius 2 is 2.00 bits per heavy atom. The summed E-state index contributed by atoms with van der Waals surface area (Å²) in [5.74, 6) is -0.623. The third kappa shape index (κ3) is 4.08. The van der Waals surface area contributed by atoms with Crippen LogP contribution in [0.15, 0.2) is 30.5 Å². The van der Waals surface area contributed by atoms with Crippen LogP contribution in [-0.2, 0) is 11.3 Å². The first-order valence-corrected chi connectivity index (χ1v) is 6.33. The number of halogens is 3. The number of ether oxygens (including phenoxy) is 1. The molecular formula is C14H11F3N4O2. The molecule has 0 fully saturated rings. The molecule has 2 rings (SSSR count). The SMILES string of the molecule is N#Cc1cnn(C(=O)c2ccc(COCC(F)(F)F)cc2)c1N. The molecule has 6 nitrogen and oxygen atoms in total. The number of rotatable bonds is 4. The van der Waals surface area contributed by atoms with Gasteiger partial charge in [-0.3, -0.25) is 4.79 Å². The number of nitrogens with two attached hydrogens (primary N) is 1. The number of nitrogens with zero attached hydrogens (tertiary/aromatic N) is 3. The maximum atomic E-state index is 12.2. The highest BCUT2D eigenvalue weighted by Gasteiger charge is 2.27. The van der Waals surface area contributed by atoms with Crippen molar-refractivity contribution in [2.75, 3.05) is 12.3 Å². The molecule has 0 saturated heterocycles. The lowest BCUT2D eigenvalue weighted by Crippen LogP contribution is -2.17. The van der Waals surface area contributed by atoms with Crippen molar-refractivity contribution >= 4 is 11.7 Å². The molecule has 23 heavy (non-hydrogen) atoms. The van der Waals surface area contributed by atoms with Crippen molar-refractivity contribution in [3.63, 3.8) is 0 Å². The number of nitrogen functional groups attached to an aromatic ring is 1. The molecule has 0 saturated carbocycles. The number of carbonyl (C=O) groups is 1. The second kappa shape index (κ2) is 6.50. The molecule has 0 aliphatic carbocycles. The summed E-state index contributed by atoms with van der Waals surface area (Å²) in [7, 11) is 0. The third-order valence-electron chi connectivity index (χ3n) is 2.85. The largest absolute Gasteiger partial charge is 0.411 e. The van der Waals surface area contributed by atoms with Gasteiger partial charge in [-0.05, 0) is 17.7 Å². The first-order chi connectivity index (χ1) is 10.8. The van der Waals surface area contributed by atoms with E-state index in [4.69, 9.17) is 11.0 Å². The van der Waals surface area contributed by atoms with Crippen molar-refractivity contribution in [2.24, 2.45) is 0 Å². The number of benzene rings is 1. The van der Waals surface area contributed by atoms with Crippen molar-refractivity contribution in [1.82, 2.24) is 9.78 Å². The molecule has 1 heterocycles. The van der Waals surface area contributed by atoms with Crippen LogP contribution in [0.2, 0.25) is 0 Å². The molecule has 1 aromatic carbocycles. The molecule has 0 unspecified atom stereocenters. The monoisotopic (exact) mass is 324 g/mol. The van der Waals surface area contributed by atoms with E-state index in [1.165, 1.54) is 30.5 Å². The average molecular weight is 324 g/mol. The smallest absolute Gasteiger partial charge is 0.382 e. The van der Waals surface area contributed by atoms with Crippen molar-refractivity contribution in [2.45, 2.75) is 12.8 Å². The zero-order valence-electron chi connectivity index (χ0n) is 11.7. The fraction of sp³-hybridized carbons (Fsp3) is 0.214. The predicted octanol–water partition coefficient (Wildman–Crippen LogP) is 2.10. The highest BCUT2D eigenvalue weighted by molar-refractivity contribution is 5.97. The van der Waals surface area contributed by atoms with E-state index in [2.05, 4.69) is 9.84 Å². The quantitative estimate of drug-likeness (QED) is 0.929. The van der Waals surface area contributed by atoms with Crippen LogP contribution in [0.5, 0.6) is 0 Å².